The molecule has 0 saturated heterocycles. The average molecular weight is 252 g/mol. The molecule has 1 aliphatic rings. The largest absolute Gasteiger partial charge is 0.307 e. The van der Waals surface area contributed by atoms with E-state index in [1.54, 1.807) is 0 Å². The molecule has 2 heteroatoms. The van der Waals surface area contributed by atoms with Crippen LogP contribution in [0.3, 0.4) is 0 Å². The molecule has 1 aromatic rings. The molecule has 2 atom stereocenters. The van der Waals surface area contributed by atoms with Crippen molar-refractivity contribution in [3.05, 3.63) is 34.9 Å². The van der Waals surface area contributed by atoms with E-state index >= 15 is 0 Å². The first-order valence-electron chi connectivity index (χ1n) is 6.50. The van der Waals surface area contributed by atoms with Crippen LogP contribution in [-0.2, 0) is 0 Å². The van der Waals surface area contributed by atoms with Gasteiger partial charge in [-0.25, -0.2) is 0 Å². The Morgan fingerprint density at radius 3 is 2.76 bits per heavy atom. The maximum atomic E-state index is 6.03. The maximum absolute atomic E-state index is 6.03. The van der Waals surface area contributed by atoms with Crippen LogP contribution in [0.15, 0.2) is 24.3 Å². The number of nitrogens with one attached hydrogen (secondary N) is 1. The van der Waals surface area contributed by atoms with E-state index in [1.165, 1.54) is 24.8 Å². The Balaban J connectivity index is 2.04. The third-order valence-corrected chi connectivity index (χ3v) is 4.29. The number of hydrogen-bond donors (Lipinski definition) is 1. The molecule has 1 N–H and O–H groups in total. The van der Waals surface area contributed by atoms with E-state index in [9.17, 15) is 0 Å². The smallest absolute Gasteiger partial charge is 0.0409 e. The summed E-state index contributed by atoms with van der Waals surface area (Å²) in [5.41, 5.74) is 1.70. The molecule has 0 heterocycles. The minimum Gasteiger partial charge on any atom is -0.307 e. The van der Waals surface area contributed by atoms with Crippen molar-refractivity contribution in [2.24, 2.45) is 5.41 Å². The molecule has 1 saturated carbocycles. The van der Waals surface area contributed by atoms with E-state index in [0.717, 1.165) is 5.02 Å². The van der Waals surface area contributed by atoms with Gasteiger partial charge in [0.25, 0.3) is 0 Å². The molecule has 1 fully saturated rings. The van der Waals surface area contributed by atoms with Gasteiger partial charge in [-0.3, -0.25) is 0 Å². The predicted molar refractivity (Wildman–Crippen MR) is 74.4 cm³/mol. The average Bonchev–Trinajstić information content (AvgIpc) is 2.58. The monoisotopic (exact) mass is 251 g/mol. The second-order valence-corrected chi connectivity index (χ2v) is 6.31. The Morgan fingerprint density at radius 2 is 2.18 bits per heavy atom. The lowest BCUT2D eigenvalue weighted by Gasteiger charge is -2.31. The molecular weight excluding hydrogens is 230 g/mol. The van der Waals surface area contributed by atoms with Gasteiger partial charge in [-0.2, -0.15) is 0 Å². The molecule has 94 valence electrons. The summed E-state index contributed by atoms with van der Waals surface area (Å²) in [6.07, 6.45) is 3.96. The Bertz CT molecular complexity index is 386. The van der Waals surface area contributed by atoms with Gasteiger partial charge < -0.3 is 5.32 Å². The highest BCUT2D eigenvalue weighted by Crippen LogP contribution is 2.38. The molecule has 0 aromatic heterocycles. The summed E-state index contributed by atoms with van der Waals surface area (Å²) in [7, 11) is 0. The minimum atomic E-state index is 0.371. The summed E-state index contributed by atoms with van der Waals surface area (Å²) in [6, 6.07) is 9.15. The normalized spacial score (nSPS) is 24.8. The second-order valence-electron chi connectivity index (χ2n) is 5.88. The van der Waals surface area contributed by atoms with Crippen molar-refractivity contribution < 1.29 is 0 Å². The van der Waals surface area contributed by atoms with Crippen molar-refractivity contribution in [3.63, 3.8) is 0 Å². The zero-order chi connectivity index (χ0) is 12.5. The van der Waals surface area contributed by atoms with E-state index in [4.69, 9.17) is 11.6 Å². The molecule has 0 spiro atoms. The van der Waals surface area contributed by atoms with E-state index in [1.807, 2.05) is 12.1 Å². The highest BCUT2D eigenvalue weighted by Gasteiger charge is 2.34. The van der Waals surface area contributed by atoms with Crippen molar-refractivity contribution in [1.29, 1.82) is 0 Å². The standard InChI is InChI=1S/C15H22ClN/c1-11(12-6-4-7-13(16)10-12)17-14-8-5-9-15(14,2)3/h4,6-7,10-11,14,17H,5,8-9H2,1-3H3/t11-,14?/m1/s1. The second kappa shape index (κ2) is 4.99. The highest BCUT2D eigenvalue weighted by atomic mass is 35.5. The molecule has 1 aromatic carbocycles. The fraction of sp³-hybridized carbons (Fsp3) is 0.600. The minimum absolute atomic E-state index is 0.371. The zero-order valence-electron chi connectivity index (χ0n) is 11.0. The van der Waals surface area contributed by atoms with Crippen LogP contribution in [0.1, 0.15) is 51.6 Å². The Labute approximate surface area is 110 Å². The first kappa shape index (κ1) is 12.9. The lowest BCUT2D eigenvalue weighted by molar-refractivity contribution is 0.266. The lowest BCUT2D eigenvalue weighted by atomic mass is 9.86. The van der Waals surface area contributed by atoms with Crippen LogP contribution in [0.2, 0.25) is 5.02 Å². The molecule has 0 amide bonds. The van der Waals surface area contributed by atoms with Crippen molar-refractivity contribution in [2.45, 2.75) is 52.1 Å². The third-order valence-electron chi connectivity index (χ3n) is 4.06. The summed E-state index contributed by atoms with van der Waals surface area (Å²) < 4.78 is 0. The van der Waals surface area contributed by atoms with Gasteiger partial charge in [0.05, 0.1) is 0 Å². The summed E-state index contributed by atoms with van der Waals surface area (Å²) in [6.45, 7) is 6.95. The summed E-state index contributed by atoms with van der Waals surface area (Å²) >= 11 is 6.03. The van der Waals surface area contributed by atoms with E-state index in [-0.39, 0.29) is 0 Å². The SMILES string of the molecule is C[C@@H](NC1CCCC1(C)C)c1cccc(Cl)c1. The van der Waals surface area contributed by atoms with Gasteiger partial charge in [-0.1, -0.05) is 44.0 Å². The van der Waals surface area contributed by atoms with Crippen molar-refractivity contribution >= 4 is 11.6 Å². The molecule has 17 heavy (non-hydrogen) atoms. The zero-order valence-corrected chi connectivity index (χ0v) is 11.7. The van der Waals surface area contributed by atoms with Crippen LogP contribution >= 0.6 is 11.6 Å². The fourth-order valence-electron chi connectivity index (χ4n) is 2.81. The molecular formula is C15H22ClN. The fourth-order valence-corrected chi connectivity index (χ4v) is 3.01. The van der Waals surface area contributed by atoms with Gasteiger partial charge in [0.15, 0.2) is 0 Å². The first-order chi connectivity index (χ1) is 7.99. The van der Waals surface area contributed by atoms with Crippen LogP contribution in [0.4, 0.5) is 0 Å². The molecule has 0 radical (unpaired) electrons. The van der Waals surface area contributed by atoms with Crippen LogP contribution < -0.4 is 5.32 Å². The molecule has 1 nitrogen and oxygen atoms in total. The molecule has 0 bridgehead atoms. The summed E-state index contributed by atoms with van der Waals surface area (Å²) in [4.78, 5) is 0. The van der Waals surface area contributed by atoms with Gasteiger partial charge in [-0.05, 0) is 42.9 Å². The molecule has 0 aliphatic heterocycles. The number of benzene rings is 1. The van der Waals surface area contributed by atoms with Crippen molar-refractivity contribution in [1.82, 2.24) is 5.32 Å². The van der Waals surface area contributed by atoms with Crippen LogP contribution in [-0.4, -0.2) is 6.04 Å². The quantitative estimate of drug-likeness (QED) is 0.830. The van der Waals surface area contributed by atoms with Crippen molar-refractivity contribution in [3.8, 4) is 0 Å². The van der Waals surface area contributed by atoms with Gasteiger partial charge >= 0.3 is 0 Å². The van der Waals surface area contributed by atoms with Crippen molar-refractivity contribution in [2.75, 3.05) is 0 Å². The molecule has 1 aliphatic carbocycles. The number of halogens is 1. The lowest BCUT2D eigenvalue weighted by Crippen LogP contribution is -2.39. The highest BCUT2D eigenvalue weighted by molar-refractivity contribution is 6.30. The van der Waals surface area contributed by atoms with Gasteiger partial charge in [-0.15, -0.1) is 0 Å². The van der Waals surface area contributed by atoms with E-state index in [2.05, 4.69) is 38.2 Å². The van der Waals surface area contributed by atoms with Gasteiger partial charge in [0, 0.05) is 17.1 Å². The topological polar surface area (TPSA) is 12.0 Å². The van der Waals surface area contributed by atoms with Gasteiger partial charge in [0.2, 0.25) is 0 Å². The van der Waals surface area contributed by atoms with Gasteiger partial charge in [0.1, 0.15) is 0 Å². The maximum Gasteiger partial charge on any atom is 0.0409 e. The molecule has 1 unspecified atom stereocenters. The van der Waals surface area contributed by atoms with Crippen LogP contribution in [0.5, 0.6) is 0 Å². The Kier molecular flexibility index (Phi) is 3.79. The van der Waals surface area contributed by atoms with Crippen LogP contribution in [0.25, 0.3) is 0 Å². The summed E-state index contributed by atoms with van der Waals surface area (Å²) in [5.74, 6) is 0. The van der Waals surface area contributed by atoms with E-state index in [0.29, 0.717) is 17.5 Å². The molecule has 2 rings (SSSR count). The number of rotatable bonds is 3. The predicted octanol–water partition coefficient (Wildman–Crippen LogP) is 4.57. The first-order valence-corrected chi connectivity index (χ1v) is 6.88. The third kappa shape index (κ3) is 3.02. The number of hydrogen-bond acceptors (Lipinski definition) is 1. The Hall–Kier alpha value is -0.530. The van der Waals surface area contributed by atoms with Crippen LogP contribution in [0, 0.1) is 5.41 Å². The van der Waals surface area contributed by atoms with E-state index < -0.39 is 0 Å². The Morgan fingerprint density at radius 1 is 1.41 bits per heavy atom. The summed E-state index contributed by atoms with van der Waals surface area (Å²) in [5, 5.41) is 4.58.